The molecule has 5 nitrogen and oxygen atoms in total. The van der Waals surface area contributed by atoms with Crippen molar-refractivity contribution in [3.8, 4) is 17.7 Å². The third kappa shape index (κ3) is 2.31. The smallest absolute Gasteiger partial charge is 0.225 e. The predicted molar refractivity (Wildman–Crippen MR) is 91.9 cm³/mol. The fourth-order valence-corrected chi connectivity index (χ4v) is 3.83. The molecule has 4 rings (SSSR count). The summed E-state index contributed by atoms with van der Waals surface area (Å²) in [6.07, 6.45) is 3.13. The molecule has 122 valence electrons. The van der Waals surface area contributed by atoms with Gasteiger partial charge in [-0.15, -0.1) is 0 Å². The van der Waals surface area contributed by atoms with Gasteiger partial charge in [-0.3, -0.25) is 4.90 Å². The number of pyridine rings is 1. The number of anilines is 1. The summed E-state index contributed by atoms with van der Waals surface area (Å²) in [6, 6.07) is 10.4. The lowest BCUT2D eigenvalue weighted by Crippen LogP contribution is -2.26. The highest BCUT2D eigenvalue weighted by molar-refractivity contribution is 5.62. The van der Waals surface area contributed by atoms with E-state index in [4.69, 9.17) is 10.5 Å². The number of nitrogens with two attached hydrogens (primary N) is 1. The Hall–Kier alpha value is -2.58. The molecular weight excluding hydrogens is 300 g/mol. The molecule has 5 heteroatoms. The second-order valence-electron chi connectivity index (χ2n) is 6.49. The average Bonchev–Trinajstić information content (AvgIpc) is 3.13. The van der Waals surface area contributed by atoms with Crippen LogP contribution in [0.5, 0.6) is 11.6 Å². The highest BCUT2D eigenvalue weighted by Gasteiger charge is 2.31. The van der Waals surface area contributed by atoms with E-state index in [1.165, 1.54) is 12.8 Å². The zero-order valence-corrected chi connectivity index (χ0v) is 13.7. The quantitative estimate of drug-likeness (QED) is 0.783. The molecule has 0 aliphatic carbocycles. The first kappa shape index (κ1) is 15.0. The predicted octanol–water partition coefficient (Wildman–Crippen LogP) is 3.39. The molecule has 0 saturated carbocycles. The summed E-state index contributed by atoms with van der Waals surface area (Å²) in [4.78, 5) is 6.78. The van der Waals surface area contributed by atoms with Crippen LogP contribution >= 0.6 is 0 Å². The Labute approximate surface area is 141 Å². The van der Waals surface area contributed by atoms with Gasteiger partial charge in [0.1, 0.15) is 17.6 Å². The molecule has 1 aromatic heterocycles. The topological polar surface area (TPSA) is 75.2 Å². The molecule has 0 amide bonds. The fourth-order valence-electron chi connectivity index (χ4n) is 3.83. The molecule has 1 atom stereocenters. The Morgan fingerprint density at radius 3 is 2.79 bits per heavy atom. The number of nitrogens with zero attached hydrogens (tertiary/aromatic N) is 3. The van der Waals surface area contributed by atoms with Crippen molar-refractivity contribution >= 4 is 5.82 Å². The second-order valence-corrected chi connectivity index (χ2v) is 6.49. The van der Waals surface area contributed by atoms with Gasteiger partial charge in [-0.1, -0.05) is 18.2 Å². The lowest BCUT2D eigenvalue weighted by Gasteiger charge is -2.30. The molecule has 24 heavy (non-hydrogen) atoms. The van der Waals surface area contributed by atoms with Crippen LogP contribution in [0.3, 0.4) is 0 Å². The maximum Gasteiger partial charge on any atom is 0.225 e. The Kier molecular flexibility index (Phi) is 3.62. The molecule has 1 aromatic carbocycles. The van der Waals surface area contributed by atoms with Gasteiger partial charge in [-0.05, 0) is 50.0 Å². The summed E-state index contributed by atoms with van der Waals surface area (Å²) in [6.45, 7) is 4.27. The standard InChI is InChI=1S/C19H20N4O/c1-12(23-8-4-5-9-23)17-14-10-13-6-2-3-7-16(13)24-19(14)22-18(21)15(17)11-20/h2-3,6-7,12H,4-5,8-10H2,1H3,(H2,21,22). The Bertz CT molecular complexity index is 834. The van der Waals surface area contributed by atoms with Crippen LogP contribution in [0.1, 0.15) is 48.1 Å². The number of nitriles is 1. The van der Waals surface area contributed by atoms with Crippen molar-refractivity contribution in [2.24, 2.45) is 0 Å². The second kappa shape index (κ2) is 5.81. The van der Waals surface area contributed by atoms with E-state index in [2.05, 4.69) is 28.9 Å². The van der Waals surface area contributed by atoms with Crippen LogP contribution in [0.4, 0.5) is 5.82 Å². The largest absolute Gasteiger partial charge is 0.438 e. The number of likely N-dealkylation sites (tertiary alicyclic amines) is 1. The van der Waals surface area contributed by atoms with Crippen molar-refractivity contribution in [1.82, 2.24) is 9.88 Å². The van der Waals surface area contributed by atoms with E-state index in [1.807, 2.05) is 18.2 Å². The van der Waals surface area contributed by atoms with Gasteiger partial charge < -0.3 is 10.5 Å². The highest BCUT2D eigenvalue weighted by Crippen LogP contribution is 2.42. The number of rotatable bonds is 2. The lowest BCUT2D eigenvalue weighted by molar-refractivity contribution is 0.260. The third-order valence-electron chi connectivity index (χ3n) is 5.10. The molecule has 0 bridgehead atoms. The van der Waals surface area contributed by atoms with E-state index in [9.17, 15) is 5.26 Å². The first-order valence-corrected chi connectivity index (χ1v) is 8.41. The van der Waals surface area contributed by atoms with Gasteiger partial charge in [0.2, 0.25) is 5.88 Å². The molecule has 3 heterocycles. The number of benzene rings is 1. The number of nitrogen functional groups attached to an aromatic ring is 1. The van der Waals surface area contributed by atoms with Crippen molar-refractivity contribution in [2.75, 3.05) is 18.8 Å². The minimum Gasteiger partial charge on any atom is -0.438 e. The van der Waals surface area contributed by atoms with E-state index in [0.717, 1.165) is 42.0 Å². The van der Waals surface area contributed by atoms with Crippen LogP contribution in [0.25, 0.3) is 0 Å². The number of para-hydroxylation sites is 1. The van der Waals surface area contributed by atoms with Crippen LogP contribution in [-0.4, -0.2) is 23.0 Å². The number of aromatic nitrogens is 1. The maximum absolute atomic E-state index is 9.66. The van der Waals surface area contributed by atoms with Gasteiger partial charge >= 0.3 is 0 Å². The van der Waals surface area contributed by atoms with Crippen LogP contribution in [0, 0.1) is 11.3 Å². The summed E-state index contributed by atoms with van der Waals surface area (Å²) >= 11 is 0. The molecular formula is C19H20N4O. The molecule has 1 fully saturated rings. The molecule has 2 aliphatic heterocycles. The number of hydrogen-bond donors (Lipinski definition) is 1. The summed E-state index contributed by atoms with van der Waals surface area (Å²) in [5.41, 5.74) is 9.68. The molecule has 2 N–H and O–H groups in total. The third-order valence-corrected chi connectivity index (χ3v) is 5.10. The summed E-state index contributed by atoms with van der Waals surface area (Å²) in [7, 11) is 0. The van der Waals surface area contributed by atoms with Crippen molar-refractivity contribution in [1.29, 1.82) is 5.26 Å². The maximum atomic E-state index is 9.66. The molecule has 0 spiro atoms. The summed E-state index contributed by atoms with van der Waals surface area (Å²) < 4.78 is 5.99. The van der Waals surface area contributed by atoms with E-state index in [1.54, 1.807) is 0 Å². The van der Waals surface area contributed by atoms with E-state index in [0.29, 0.717) is 11.4 Å². The van der Waals surface area contributed by atoms with Gasteiger partial charge in [0.05, 0.1) is 5.56 Å². The van der Waals surface area contributed by atoms with Crippen LogP contribution in [-0.2, 0) is 6.42 Å². The first-order valence-electron chi connectivity index (χ1n) is 8.41. The van der Waals surface area contributed by atoms with Gasteiger partial charge in [-0.25, -0.2) is 0 Å². The lowest BCUT2D eigenvalue weighted by atomic mass is 9.91. The van der Waals surface area contributed by atoms with Crippen molar-refractivity contribution < 1.29 is 4.74 Å². The van der Waals surface area contributed by atoms with Crippen LogP contribution in [0.2, 0.25) is 0 Å². The van der Waals surface area contributed by atoms with Crippen molar-refractivity contribution in [3.05, 3.63) is 46.5 Å². The summed E-state index contributed by atoms with van der Waals surface area (Å²) in [5, 5.41) is 9.66. The Balaban J connectivity index is 1.86. The molecule has 2 aromatic rings. The Morgan fingerprint density at radius 1 is 1.29 bits per heavy atom. The average molecular weight is 320 g/mol. The van der Waals surface area contributed by atoms with Gasteiger partial charge in [-0.2, -0.15) is 10.2 Å². The molecule has 2 aliphatic rings. The van der Waals surface area contributed by atoms with Crippen molar-refractivity contribution in [2.45, 2.75) is 32.2 Å². The fraction of sp³-hybridized carbons (Fsp3) is 0.368. The van der Waals surface area contributed by atoms with E-state index in [-0.39, 0.29) is 11.9 Å². The van der Waals surface area contributed by atoms with Gasteiger partial charge in [0.15, 0.2) is 0 Å². The number of hydrogen-bond acceptors (Lipinski definition) is 5. The first-order chi connectivity index (χ1) is 11.7. The normalized spacial score (nSPS) is 17.5. The minimum absolute atomic E-state index is 0.134. The highest BCUT2D eigenvalue weighted by atomic mass is 16.5. The minimum atomic E-state index is 0.134. The van der Waals surface area contributed by atoms with Gasteiger partial charge in [0.25, 0.3) is 0 Å². The monoisotopic (exact) mass is 320 g/mol. The SMILES string of the molecule is CC(c1c(C#N)c(N)nc2c1Cc1ccccc1O2)N1CCCC1. The summed E-state index contributed by atoms with van der Waals surface area (Å²) in [5.74, 6) is 1.63. The molecule has 1 unspecified atom stereocenters. The zero-order chi connectivity index (χ0) is 16.7. The molecule has 0 radical (unpaired) electrons. The van der Waals surface area contributed by atoms with E-state index >= 15 is 0 Å². The van der Waals surface area contributed by atoms with E-state index < -0.39 is 0 Å². The molecule has 1 saturated heterocycles. The zero-order valence-electron chi connectivity index (χ0n) is 13.7. The Morgan fingerprint density at radius 2 is 2.04 bits per heavy atom. The number of ether oxygens (including phenoxy) is 1. The van der Waals surface area contributed by atoms with Crippen LogP contribution < -0.4 is 10.5 Å². The van der Waals surface area contributed by atoms with Crippen molar-refractivity contribution in [3.63, 3.8) is 0 Å². The number of fused-ring (bicyclic) bond motifs is 2. The van der Waals surface area contributed by atoms with Crippen LogP contribution in [0.15, 0.2) is 24.3 Å². The van der Waals surface area contributed by atoms with Gasteiger partial charge in [0, 0.05) is 18.0 Å².